The van der Waals surface area contributed by atoms with Crippen LogP contribution in [0.15, 0.2) is 24.3 Å². The Kier molecular flexibility index (Phi) is 4.23. The van der Waals surface area contributed by atoms with Gasteiger partial charge in [-0.05, 0) is 30.4 Å². The average Bonchev–Trinajstić information content (AvgIpc) is 2.47. The zero-order valence-electron chi connectivity index (χ0n) is 11.8. The molecule has 0 N–H and O–H groups in total. The van der Waals surface area contributed by atoms with E-state index in [1.807, 2.05) is 0 Å². The van der Waals surface area contributed by atoms with Gasteiger partial charge in [-0.3, -0.25) is 4.79 Å². The maximum Gasteiger partial charge on any atom is 0.256 e. The number of benzene rings is 1. The molecule has 19 heavy (non-hydrogen) atoms. The van der Waals surface area contributed by atoms with E-state index in [1.165, 1.54) is 6.07 Å². The van der Waals surface area contributed by atoms with Crippen molar-refractivity contribution < 1.29 is 9.18 Å². The third-order valence-electron chi connectivity index (χ3n) is 4.72. The number of carbonyl (C=O) groups is 1. The third kappa shape index (κ3) is 2.80. The first-order valence-electron chi connectivity index (χ1n) is 7.15. The van der Waals surface area contributed by atoms with Gasteiger partial charge in [0.25, 0.3) is 5.91 Å². The van der Waals surface area contributed by atoms with Gasteiger partial charge < -0.3 is 4.90 Å². The molecule has 0 radical (unpaired) electrons. The molecule has 1 saturated heterocycles. The predicted molar refractivity (Wildman–Crippen MR) is 74.6 cm³/mol. The zero-order valence-corrected chi connectivity index (χ0v) is 11.8. The molecule has 1 aromatic carbocycles. The molecule has 0 atom stereocenters. The minimum absolute atomic E-state index is 0.168. The molecule has 0 spiro atoms. The van der Waals surface area contributed by atoms with Gasteiger partial charge in [0.2, 0.25) is 0 Å². The van der Waals surface area contributed by atoms with E-state index in [-0.39, 0.29) is 11.5 Å². The summed E-state index contributed by atoms with van der Waals surface area (Å²) in [4.78, 5) is 14.1. The Bertz CT molecular complexity index is 444. The fourth-order valence-corrected chi connectivity index (χ4v) is 2.95. The van der Waals surface area contributed by atoms with Crippen LogP contribution < -0.4 is 0 Å². The summed E-state index contributed by atoms with van der Waals surface area (Å²) >= 11 is 0. The number of amides is 1. The van der Waals surface area contributed by atoms with E-state index in [9.17, 15) is 9.18 Å². The van der Waals surface area contributed by atoms with Gasteiger partial charge >= 0.3 is 0 Å². The van der Waals surface area contributed by atoms with Crippen molar-refractivity contribution in [3.63, 3.8) is 0 Å². The van der Waals surface area contributed by atoms with Crippen molar-refractivity contribution in [3.8, 4) is 0 Å². The molecule has 104 valence electrons. The number of piperidine rings is 1. The van der Waals surface area contributed by atoms with Gasteiger partial charge in [-0.15, -0.1) is 0 Å². The number of hydrogen-bond donors (Lipinski definition) is 0. The van der Waals surface area contributed by atoms with E-state index in [2.05, 4.69) is 13.8 Å². The van der Waals surface area contributed by atoms with Crippen molar-refractivity contribution >= 4 is 5.91 Å². The highest BCUT2D eigenvalue weighted by atomic mass is 19.1. The minimum atomic E-state index is -0.421. The molecule has 1 amide bonds. The molecule has 1 aliphatic heterocycles. The van der Waals surface area contributed by atoms with E-state index in [0.29, 0.717) is 5.41 Å². The normalized spacial score (nSPS) is 18.4. The van der Waals surface area contributed by atoms with E-state index in [0.717, 1.165) is 38.8 Å². The molecule has 2 rings (SSSR count). The maximum atomic E-state index is 13.6. The summed E-state index contributed by atoms with van der Waals surface area (Å²) in [5.41, 5.74) is 0.578. The summed E-state index contributed by atoms with van der Waals surface area (Å²) in [6.07, 6.45) is 4.37. The van der Waals surface area contributed by atoms with Crippen LogP contribution in [0.5, 0.6) is 0 Å². The lowest BCUT2D eigenvalue weighted by Crippen LogP contribution is -2.43. The monoisotopic (exact) mass is 263 g/mol. The first kappa shape index (κ1) is 14.0. The van der Waals surface area contributed by atoms with Crippen LogP contribution in [-0.2, 0) is 0 Å². The molecule has 0 saturated carbocycles. The highest BCUT2D eigenvalue weighted by Crippen LogP contribution is 2.38. The van der Waals surface area contributed by atoms with Crippen LogP contribution in [0.1, 0.15) is 49.9 Å². The number of rotatable bonds is 3. The molecule has 1 heterocycles. The molecule has 2 nitrogen and oxygen atoms in total. The standard InChI is InChI=1S/C16H22FNO/c1-3-16(4-2)9-11-18(12-10-16)15(19)13-7-5-6-8-14(13)17/h5-8H,3-4,9-12H2,1-2H3. The Morgan fingerprint density at radius 1 is 1.21 bits per heavy atom. The summed E-state index contributed by atoms with van der Waals surface area (Å²) in [5, 5.41) is 0. The lowest BCUT2D eigenvalue weighted by molar-refractivity contribution is 0.0553. The first-order valence-corrected chi connectivity index (χ1v) is 7.15. The van der Waals surface area contributed by atoms with Crippen LogP contribution in [-0.4, -0.2) is 23.9 Å². The highest BCUT2D eigenvalue weighted by Gasteiger charge is 2.33. The Hall–Kier alpha value is -1.38. The Morgan fingerprint density at radius 2 is 1.79 bits per heavy atom. The number of likely N-dealkylation sites (tertiary alicyclic amines) is 1. The van der Waals surface area contributed by atoms with Gasteiger partial charge in [-0.2, -0.15) is 0 Å². The Labute approximate surface area is 114 Å². The van der Waals surface area contributed by atoms with E-state index in [4.69, 9.17) is 0 Å². The number of halogens is 1. The molecular weight excluding hydrogens is 241 g/mol. The van der Waals surface area contributed by atoms with Gasteiger partial charge in [-0.25, -0.2) is 4.39 Å². The van der Waals surface area contributed by atoms with Gasteiger partial charge in [0.1, 0.15) is 5.82 Å². The van der Waals surface area contributed by atoms with Gasteiger partial charge in [-0.1, -0.05) is 38.8 Å². The molecule has 1 aliphatic rings. The lowest BCUT2D eigenvalue weighted by atomic mass is 9.74. The first-order chi connectivity index (χ1) is 9.12. The fourth-order valence-electron chi connectivity index (χ4n) is 2.95. The number of nitrogens with zero attached hydrogens (tertiary/aromatic N) is 1. The maximum absolute atomic E-state index is 13.6. The van der Waals surface area contributed by atoms with Crippen LogP contribution in [0.3, 0.4) is 0 Å². The van der Waals surface area contributed by atoms with Crippen LogP contribution in [0.4, 0.5) is 4.39 Å². The average molecular weight is 263 g/mol. The molecule has 0 unspecified atom stereocenters. The predicted octanol–water partition coefficient (Wildman–Crippen LogP) is 3.87. The van der Waals surface area contributed by atoms with E-state index < -0.39 is 5.82 Å². The van der Waals surface area contributed by atoms with E-state index in [1.54, 1.807) is 23.1 Å². The summed E-state index contributed by atoms with van der Waals surface area (Å²) in [5.74, 6) is -0.589. The van der Waals surface area contributed by atoms with Gasteiger partial charge in [0, 0.05) is 13.1 Å². The third-order valence-corrected chi connectivity index (χ3v) is 4.72. The number of carbonyl (C=O) groups excluding carboxylic acids is 1. The number of hydrogen-bond acceptors (Lipinski definition) is 1. The minimum Gasteiger partial charge on any atom is -0.339 e. The molecule has 0 aromatic heterocycles. The quantitative estimate of drug-likeness (QED) is 0.810. The summed E-state index contributed by atoms with van der Waals surface area (Å²) in [7, 11) is 0. The van der Waals surface area contributed by atoms with Crippen LogP contribution in [0.25, 0.3) is 0 Å². The van der Waals surface area contributed by atoms with Gasteiger partial charge in [0.05, 0.1) is 5.56 Å². The second-order valence-electron chi connectivity index (χ2n) is 5.48. The zero-order chi connectivity index (χ0) is 13.9. The fraction of sp³-hybridized carbons (Fsp3) is 0.562. The molecule has 0 bridgehead atoms. The van der Waals surface area contributed by atoms with E-state index >= 15 is 0 Å². The largest absolute Gasteiger partial charge is 0.339 e. The van der Waals surface area contributed by atoms with Crippen LogP contribution in [0, 0.1) is 11.2 Å². The molecule has 1 fully saturated rings. The molecule has 1 aromatic rings. The van der Waals surface area contributed by atoms with Crippen molar-refractivity contribution in [1.82, 2.24) is 4.90 Å². The second-order valence-corrected chi connectivity index (χ2v) is 5.48. The molecular formula is C16H22FNO. The van der Waals surface area contributed by atoms with Crippen molar-refractivity contribution in [2.24, 2.45) is 5.41 Å². The smallest absolute Gasteiger partial charge is 0.256 e. The van der Waals surface area contributed by atoms with Crippen molar-refractivity contribution in [2.45, 2.75) is 39.5 Å². The molecule has 0 aliphatic carbocycles. The van der Waals surface area contributed by atoms with Crippen LogP contribution in [0.2, 0.25) is 0 Å². The Morgan fingerprint density at radius 3 is 2.32 bits per heavy atom. The van der Waals surface area contributed by atoms with Crippen LogP contribution >= 0.6 is 0 Å². The highest BCUT2D eigenvalue weighted by molar-refractivity contribution is 5.94. The van der Waals surface area contributed by atoms with Gasteiger partial charge in [0.15, 0.2) is 0 Å². The summed E-state index contributed by atoms with van der Waals surface area (Å²) < 4.78 is 13.6. The summed E-state index contributed by atoms with van der Waals surface area (Å²) in [6, 6.07) is 6.24. The molecule has 3 heteroatoms. The second kappa shape index (κ2) is 5.72. The van der Waals surface area contributed by atoms with Crippen molar-refractivity contribution in [2.75, 3.05) is 13.1 Å². The lowest BCUT2D eigenvalue weighted by Gasteiger charge is -2.41. The topological polar surface area (TPSA) is 20.3 Å². The Balaban J connectivity index is 2.06. The van der Waals surface area contributed by atoms with Crippen molar-refractivity contribution in [1.29, 1.82) is 0 Å². The SMILES string of the molecule is CCC1(CC)CCN(C(=O)c2ccccc2F)CC1. The van der Waals surface area contributed by atoms with Crippen molar-refractivity contribution in [3.05, 3.63) is 35.6 Å². The summed E-state index contributed by atoms with van der Waals surface area (Å²) in [6.45, 7) is 5.93.